The predicted molar refractivity (Wildman–Crippen MR) is 56.3 cm³/mol. The molecule has 0 spiro atoms. The number of furan rings is 1. The number of hydrogen-bond donors (Lipinski definition) is 2. The zero-order chi connectivity index (χ0) is 10.7. The van der Waals surface area contributed by atoms with Crippen LogP contribution in [0.2, 0.25) is 0 Å². The van der Waals surface area contributed by atoms with E-state index in [9.17, 15) is 4.79 Å². The largest absolute Gasteiger partial charge is 0.468 e. The molecule has 2 rings (SSSR count). The van der Waals surface area contributed by atoms with Crippen molar-refractivity contribution >= 4 is 5.91 Å². The van der Waals surface area contributed by atoms with Gasteiger partial charge in [-0.1, -0.05) is 0 Å². The summed E-state index contributed by atoms with van der Waals surface area (Å²) in [6, 6.07) is 1.86. The van der Waals surface area contributed by atoms with Gasteiger partial charge in [-0.25, -0.2) is 0 Å². The Morgan fingerprint density at radius 3 is 3.20 bits per heavy atom. The van der Waals surface area contributed by atoms with Crippen LogP contribution in [0.5, 0.6) is 0 Å². The molecule has 1 fully saturated rings. The van der Waals surface area contributed by atoms with Crippen molar-refractivity contribution < 1.29 is 9.21 Å². The lowest BCUT2D eigenvalue weighted by Gasteiger charge is -2.22. The Morgan fingerprint density at radius 1 is 1.67 bits per heavy atom. The number of carbonyl (C=O) groups is 1. The number of aryl methyl sites for hydroxylation is 1. The van der Waals surface area contributed by atoms with Crippen LogP contribution < -0.4 is 10.6 Å². The summed E-state index contributed by atoms with van der Waals surface area (Å²) in [6.07, 6.45) is 3.62. The van der Waals surface area contributed by atoms with Crippen LogP contribution in [0.25, 0.3) is 0 Å². The fourth-order valence-electron chi connectivity index (χ4n) is 1.77. The van der Waals surface area contributed by atoms with Gasteiger partial charge in [0.25, 0.3) is 0 Å². The number of piperidine rings is 1. The van der Waals surface area contributed by atoms with E-state index in [0.29, 0.717) is 6.54 Å². The van der Waals surface area contributed by atoms with E-state index >= 15 is 0 Å². The van der Waals surface area contributed by atoms with Crippen LogP contribution in [0, 0.1) is 6.92 Å². The average Bonchev–Trinajstić information content (AvgIpc) is 2.63. The normalized spacial score (nSPS) is 21.4. The van der Waals surface area contributed by atoms with Crippen LogP contribution in [-0.4, -0.2) is 18.5 Å². The van der Waals surface area contributed by atoms with Crippen molar-refractivity contribution in [3.8, 4) is 0 Å². The number of amides is 1. The topological polar surface area (TPSA) is 54.3 Å². The number of carbonyl (C=O) groups excluding carboxylic acids is 1. The van der Waals surface area contributed by atoms with Crippen LogP contribution in [0.4, 0.5) is 0 Å². The lowest BCUT2D eigenvalue weighted by molar-refractivity contribution is -0.124. The fourth-order valence-corrected chi connectivity index (χ4v) is 1.77. The second kappa shape index (κ2) is 4.49. The first-order chi connectivity index (χ1) is 7.27. The Kier molecular flexibility index (Phi) is 3.06. The Hall–Kier alpha value is -1.29. The van der Waals surface area contributed by atoms with Crippen molar-refractivity contribution in [1.82, 2.24) is 10.6 Å². The molecule has 1 aliphatic heterocycles. The van der Waals surface area contributed by atoms with Crippen LogP contribution >= 0.6 is 0 Å². The number of rotatable bonds is 3. The molecular weight excluding hydrogens is 192 g/mol. The monoisotopic (exact) mass is 208 g/mol. The summed E-state index contributed by atoms with van der Waals surface area (Å²) < 4.78 is 5.30. The van der Waals surface area contributed by atoms with Gasteiger partial charge in [-0.15, -0.1) is 0 Å². The molecule has 4 heteroatoms. The molecule has 2 heterocycles. The van der Waals surface area contributed by atoms with E-state index in [-0.39, 0.29) is 11.9 Å². The highest BCUT2D eigenvalue weighted by Gasteiger charge is 2.21. The highest BCUT2D eigenvalue weighted by Crippen LogP contribution is 2.10. The second-order valence-corrected chi connectivity index (χ2v) is 3.89. The van der Waals surface area contributed by atoms with E-state index in [1.165, 1.54) is 0 Å². The van der Waals surface area contributed by atoms with Gasteiger partial charge in [-0.3, -0.25) is 10.1 Å². The first-order valence-electron chi connectivity index (χ1n) is 5.31. The third-order valence-electron chi connectivity index (χ3n) is 2.76. The molecule has 0 aliphatic carbocycles. The van der Waals surface area contributed by atoms with Crippen LogP contribution in [0.3, 0.4) is 0 Å². The molecule has 1 atom stereocenters. The maximum absolute atomic E-state index is 11.4. The van der Waals surface area contributed by atoms with Gasteiger partial charge in [-0.2, -0.15) is 0 Å². The summed E-state index contributed by atoms with van der Waals surface area (Å²) in [5.41, 5.74) is 1.12. The SMILES string of the molecule is Cc1ccoc1CNC1CCCNC1=O. The molecule has 0 radical (unpaired) electrons. The van der Waals surface area contributed by atoms with Crippen molar-refractivity contribution in [3.05, 3.63) is 23.7 Å². The molecule has 1 aromatic rings. The van der Waals surface area contributed by atoms with Gasteiger partial charge in [0, 0.05) is 6.54 Å². The summed E-state index contributed by atoms with van der Waals surface area (Å²) in [7, 11) is 0. The minimum absolute atomic E-state index is 0.0664. The van der Waals surface area contributed by atoms with E-state index in [2.05, 4.69) is 10.6 Å². The van der Waals surface area contributed by atoms with Gasteiger partial charge >= 0.3 is 0 Å². The van der Waals surface area contributed by atoms with E-state index in [4.69, 9.17) is 4.42 Å². The zero-order valence-corrected chi connectivity index (χ0v) is 8.88. The van der Waals surface area contributed by atoms with Crippen LogP contribution in [0.15, 0.2) is 16.7 Å². The molecule has 4 nitrogen and oxygen atoms in total. The molecule has 2 N–H and O–H groups in total. The molecule has 0 saturated carbocycles. The van der Waals surface area contributed by atoms with Crippen molar-refractivity contribution in [2.24, 2.45) is 0 Å². The first kappa shape index (κ1) is 10.2. The van der Waals surface area contributed by atoms with Gasteiger partial charge < -0.3 is 9.73 Å². The minimum Gasteiger partial charge on any atom is -0.468 e. The second-order valence-electron chi connectivity index (χ2n) is 3.89. The molecule has 82 valence electrons. The molecule has 1 aromatic heterocycles. The van der Waals surface area contributed by atoms with Crippen molar-refractivity contribution in [1.29, 1.82) is 0 Å². The molecule has 0 bridgehead atoms. The Labute approximate surface area is 89.0 Å². The van der Waals surface area contributed by atoms with Crippen LogP contribution in [0.1, 0.15) is 24.2 Å². The average molecular weight is 208 g/mol. The van der Waals surface area contributed by atoms with E-state index in [1.807, 2.05) is 13.0 Å². The molecule has 1 aliphatic rings. The first-order valence-corrected chi connectivity index (χ1v) is 5.31. The Balaban J connectivity index is 1.87. The van der Waals surface area contributed by atoms with E-state index in [1.54, 1.807) is 6.26 Å². The van der Waals surface area contributed by atoms with E-state index < -0.39 is 0 Å². The number of hydrogen-bond acceptors (Lipinski definition) is 3. The lowest BCUT2D eigenvalue weighted by Crippen LogP contribution is -2.47. The summed E-state index contributed by atoms with van der Waals surface area (Å²) in [5.74, 6) is 1.01. The summed E-state index contributed by atoms with van der Waals surface area (Å²) >= 11 is 0. The Bertz CT molecular complexity index is 346. The molecule has 1 amide bonds. The summed E-state index contributed by atoms with van der Waals surface area (Å²) in [6.45, 7) is 3.43. The molecule has 15 heavy (non-hydrogen) atoms. The fraction of sp³-hybridized carbons (Fsp3) is 0.545. The molecule has 1 unspecified atom stereocenters. The highest BCUT2D eigenvalue weighted by molar-refractivity contribution is 5.82. The number of nitrogens with one attached hydrogen (secondary N) is 2. The van der Waals surface area contributed by atoms with Crippen LogP contribution in [-0.2, 0) is 11.3 Å². The summed E-state index contributed by atoms with van der Waals surface area (Å²) in [5, 5.41) is 6.05. The van der Waals surface area contributed by atoms with Gasteiger partial charge in [0.05, 0.1) is 18.8 Å². The predicted octanol–water partition coefficient (Wildman–Crippen LogP) is 0.956. The Morgan fingerprint density at radius 2 is 2.53 bits per heavy atom. The van der Waals surface area contributed by atoms with Gasteiger partial charge in [0.2, 0.25) is 5.91 Å². The standard InChI is InChI=1S/C11H16N2O2/c1-8-4-6-15-10(8)7-13-9-3-2-5-12-11(9)14/h4,6,9,13H,2-3,5,7H2,1H3,(H,12,14). The third-order valence-corrected chi connectivity index (χ3v) is 2.76. The molecule has 0 aromatic carbocycles. The van der Waals surface area contributed by atoms with Crippen molar-refractivity contribution in [3.63, 3.8) is 0 Å². The zero-order valence-electron chi connectivity index (χ0n) is 8.88. The van der Waals surface area contributed by atoms with Gasteiger partial charge in [0.1, 0.15) is 5.76 Å². The quantitative estimate of drug-likeness (QED) is 0.777. The molecule has 1 saturated heterocycles. The van der Waals surface area contributed by atoms with Crippen molar-refractivity contribution in [2.75, 3.05) is 6.54 Å². The lowest BCUT2D eigenvalue weighted by atomic mass is 10.1. The van der Waals surface area contributed by atoms with E-state index in [0.717, 1.165) is 30.7 Å². The highest BCUT2D eigenvalue weighted by atomic mass is 16.3. The van der Waals surface area contributed by atoms with Gasteiger partial charge in [-0.05, 0) is 31.4 Å². The summed E-state index contributed by atoms with van der Waals surface area (Å²) in [4.78, 5) is 11.4. The third kappa shape index (κ3) is 2.39. The minimum atomic E-state index is -0.0664. The van der Waals surface area contributed by atoms with Gasteiger partial charge in [0.15, 0.2) is 0 Å². The van der Waals surface area contributed by atoms with Crippen molar-refractivity contribution in [2.45, 2.75) is 32.4 Å². The maximum Gasteiger partial charge on any atom is 0.237 e. The molecular formula is C11H16N2O2. The smallest absolute Gasteiger partial charge is 0.237 e. The maximum atomic E-state index is 11.4.